The predicted octanol–water partition coefficient (Wildman–Crippen LogP) is 3.03. The molecular formula is C23H29N3O3. The van der Waals surface area contributed by atoms with Gasteiger partial charge in [-0.05, 0) is 62.0 Å². The van der Waals surface area contributed by atoms with Gasteiger partial charge in [0.1, 0.15) is 5.76 Å². The van der Waals surface area contributed by atoms with E-state index in [0.29, 0.717) is 19.6 Å². The molecule has 3 heterocycles. The second kappa shape index (κ2) is 7.50. The van der Waals surface area contributed by atoms with Gasteiger partial charge in [-0.3, -0.25) is 4.90 Å². The summed E-state index contributed by atoms with van der Waals surface area (Å²) in [7, 11) is 0. The molecule has 29 heavy (non-hydrogen) atoms. The summed E-state index contributed by atoms with van der Waals surface area (Å²) in [5, 5.41) is 14.5. The number of hydrogen-bond donors (Lipinski definition) is 2. The lowest BCUT2D eigenvalue weighted by atomic mass is 9.72. The first-order chi connectivity index (χ1) is 14.2. The number of benzene rings is 1. The molecular weight excluding hydrogens is 366 g/mol. The van der Waals surface area contributed by atoms with Crippen molar-refractivity contribution in [3.63, 3.8) is 0 Å². The van der Waals surface area contributed by atoms with E-state index in [9.17, 15) is 9.90 Å². The largest absolute Gasteiger partial charge is 0.467 e. The van der Waals surface area contributed by atoms with Crippen molar-refractivity contribution in [2.75, 3.05) is 26.2 Å². The Bertz CT molecular complexity index is 852. The van der Waals surface area contributed by atoms with E-state index in [1.807, 2.05) is 17.0 Å². The highest BCUT2D eigenvalue weighted by Crippen LogP contribution is 2.53. The highest BCUT2D eigenvalue weighted by molar-refractivity contribution is 5.74. The minimum absolute atomic E-state index is 0.0619. The van der Waals surface area contributed by atoms with E-state index in [4.69, 9.17) is 4.42 Å². The van der Waals surface area contributed by atoms with E-state index < -0.39 is 6.10 Å². The van der Waals surface area contributed by atoms with Crippen LogP contribution in [0.5, 0.6) is 0 Å². The van der Waals surface area contributed by atoms with Crippen molar-refractivity contribution in [1.82, 2.24) is 15.1 Å². The summed E-state index contributed by atoms with van der Waals surface area (Å²) < 4.78 is 5.29. The van der Waals surface area contributed by atoms with Crippen molar-refractivity contribution in [2.24, 2.45) is 0 Å². The zero-order chi connectivity index (χ0) is 19.8. The minimum Gasteiger partial charge on any atom is -0.467 e. The molecule has 6 heteroatoms. The van der Waals surface area contributed by atoms with Crippen LogP contribution in [0.15, 0.2) is 47.1 Å². The maximum Gasteiger partial charge on any atom is 0.317 e. The lowest BCUT2D eigenvalue weighted by Gasteiger charge is -2.43. The Morgan fingerprint density at radius 1 is 1.10 bits per heavy atom. The highest BCUT2D eigenvalue weighted by Gasteiger charge is 2.54. The van der Waals surface area contributed by atoms with Crippen LogP contribution in [0.2, 0.25) is 0 Å². The Morgan fingerprint density at radius 3 is 2.59 bits per heavy atom. The standard InChI is InChI=1S/C23H29N3O3/c27-21-20(25-11-3-4-12-25)18-7-1-2-8-19(18)23(21)9-13-26(14-10-23)22(28)24-16-17-6-5-15-29-17/h1-2,5-8,15,20-21,27H,3-4,9-14,16H2,(H,24,28)/t20-,21+/m0/s1. The molecule has 6 nitrogen and oxygen atoms in total. The number of piperidine rings is 1. The number of amides is 2. The fraction of sp³-hybridized carbons (Fsp3) is 0.522. The van der Waals surface area contributed by atoms with Gasteiger partial charge in [0, 0.05) is 18.5 Å². The molecule has 2 saturated heterocycles. The van der Waals surface area contributed by atoms with Gasteiger partial charge in [0.2, 0.25) is 0 Å². The first-order valence-electron chi connectivity index (χ1n) is 10.8. The number of furan rings is 1. The molecule has 2 fully saturated rings. The van der Waals surface area contributed by atoms with Crippen LogP contribution in [0.25, 0.3) is 0 Å². The topological polar surface area (TPSA) is 69.0 Å². The third-order valence-corrected chi connectivity index (χ3v) is 7.15. The first-order valence-corrected chi connectivity index (χ1v) is 10.8. The fourth-order valence-corrected chi connectivity index (χ4v) is 5.62. The van der Waals surface area contributed by atoms with Crippen molar-refractivity contribution in [2.45, 2.75) is 49.8 Å². The van der Waals surface area contributed by atoms with Crippen molar-refractivity contribution in [1.29, 1.82) is 0 Å². The number of aliphatic hydroxyl groups excluding tert-OH is 1. The summed E-state index contributed by atoms with van der Waals surface area (Å²) in [5.41, 5.74) is 2.33. The fourth-order valence-electron chi connectivity index (χ4n) is 5.62. The van der Waals surface area contributed by atoms with Crippen molar-refractivity contribution < 1.29 is 14.3 Å². The van der Waals surface area contributed by atoms with Crippen LogP contribution in [0.3, 0.4) is 0 Å². The minimum atomic E-state index is -0.411. The van der Waals surface area contributed by atoms with E-state index in [0.717, 1.165) is 31.7 Å². The number of nitrogens with one attached hydrogen (secondary N) is 1. The van der Waals surface area contributed by atoms with Gasteiger partial charge in [-0.2, -0.15) is 0 Å². The van der Waals surface area contributed by atoms with Crippen molar-refractivity contribution in [3.8, 4) is 0 Å². The molecule has 5 rings (SSSR count). The number of hydrogen-bond acceptors (Lipinski definition) is 4. The molecule has 1 spiro atoms. The first kappa shape index (κ1) is 18.7. The average molecular weight is 396 g/mol. The summed E-state index contributed by atoms with van der Waals surface area (Å²) in [6, 6.07) is 12.3. The molecule has 154 valence electrons. The van der Waals surface area contributed by atoms with Crippen LogP contribution in [0, 0.1) is 0 Å². The third-order valence-electron chi connectivity index (χ3n) is 7.15. The molecule has 2 amide bonds. The summed E-state index contributed by atoms with van der Waals surface area (Å²) in [4.78, 5) is 16.9. The molecule has 2 aromatic rings. The molecule has 1 aliphatic carbocycles. The van der Waals surface area contributed by atoms with Gasteiger partial charge < -0.3 is 19.7 Å². The van der Waals surface area contributed by atoms with Crippen LogP contribution in [-0.2, 0) is 12.0 Å². The average Bonchev–Trinajstić information content (AvgIpc) is 3.50. The second-order valence-electron chi connectivity index (χ2n) is 8.60. The van der Waals surface area contributed by atoms with E-state index in [-0.39, 0.29) is 17.5 Å². The molecule has 2 atom stereocenters. The SMILES string of the molecule is O=C(NCc1ccco1)N1CCC2(CC1)c1ccccc1[C@H](N1CCCC1)[C@H]2O. The van der Waals surface area contributed by atoms with Crippen molar-refractivity contribution >= 4 is 6.03 Å². The maximum atomic E-state index is 12.6. The van der Waals surface area contributed by atoms with Gasteiger partial charge in [0.05, 0.1) is 25.0 Å². The zero-order valence-electron chi connectivity index (χ0n) is 16.7. The summed E-state index contributed by atoms with van der Waals surface area (Å²) in [6.45, 7) is 3.83. The summed E-state index contributed by atoms with van der Waals surface area (Å²) in [6.07, 6.45) is 5.21. The van der Waals surface area contributed by atoms with E-state index in [2.05, 4.69) is 34.5 Å². The van der Waals surface area contributed by atoms with E-state index in [1.54, 1.807) is 6.26 Å². The van der Waals surface area contributed by atoms with Crippen LogP contribution in [-0.4, -0.2) is 53.2 Å². The van der Waals surface area contributed by atoms with Crippen LogP contribution >= 0.6 is 0 Å². The number of aliphatic hydroxyl groups is 1. The van der Waals surface area contributed by atoms with Gasteiger partial charge in [-0.25, -0.2) is 4.79 Å². The lowest BCUT2D eigenvalue weighted by molar-refractivity contribution is -0.00479. The number of nitrogens with zero attached hydrogens (tertiary/aromatic N) is 2. The number of rotatable bonds is 3. The molecule has 0 unspecified atom stereocenters. The van der Waals surface area contributed by atoms with Crippen LogP contribution in [0.1, 0.15) is 48.6 Å². The van der Waals surface area contributed by atoms with Gasteiger partial charge in [0.25, 0.3) is 0 Å². The normalized spacial score (nSPS) is 26.0. The van der Waals surface area contributed by atoms with Crippen molar-refractivity contribution in [3.05, 3.63) is 59.5 Å². The second-order valence-corrected chi connectivity index (χ2v) is 8.60. The molecule has 1 aromatic carbocycles. The highest BCUT2D eigenvalue weighted by atomic mass is 16.3. The number of urea groups is 1. The van der Waals surface area contributed by atoms with E-state index in [1.165, 1.54) is 24.0 Å². The van der Waals surface area contributed by atoms with Gasteiger partial charge in [-0.1, -0.05) is 24.3 Å². The Morgan fingerprint density at radius 2 is 1.86 bits per heavy atom. The smallest absolute Gasteiger partial charge is 0.317 e. The predicted molar refractivity (Wildman–Crippen MR) is 109 cm³/mol. The third kappa shape index (κ3) is 3.15. The molecule has 2 N–H and O–H groups in total. The van der Waals surface area contributed by atoms with Crippen LogP contribution in [0.4, 0.5) is 4.79 Å². The monoisotopic (exact) mass is 395 g/mol. The number of likely N-dealkylation sites (tertiary alicyclic amines) is 2. The molecule has 0 bridgehead atoms. The molecule has 0 saturated carbocycles. The van der Waals surface area contributed by atoms with Gasteiger partial charge in [-0.15, -0.1) is 0 Å². The summed E-state index contributed by atoms with van der Waals surface area (Å²) in [5.74, 6) is 0.750. The molecule has 2 aliphatic heterocycles. The Kier molecular flexibility index (Phi) is 4.84. The maximum absolute atomic E-state index is 12.6. The number of carbonyl (C=O) groups excluding carboxylic acids is 1. The van der Waals surface area contributed by atoms with Gasteiger partial charge >= 0.3 is 6.03 Å². The lowest BCUT2D eigenvalue weighted by Crippen LogP contribution is -2.52. The Hall–Kier alpha value is -2.31. The number of carbonyl (C=O) groups is 1. The Labute approximate surface area is 171 Å². The van der Waals surface area contributed by atoms with Gasteiger partial charge in [0.15, 0.2) is 0 Å². The molecule has 1 aromatic heterocycles. The van der Waals surface area contributed by atoms with Crippen LogP contribution < -0.4 is 5.32 Å². The molecule has 3 aliphatic rings. The number of fused-ring (bicyclic) bond motifs is 2. The van der Waals surface area contributed by atoms with E-state index >= 15 is 0 Å². The molecule has 0 radical (unpaired) electrons. The Balaban J connectivity index is 1.31. The zero-order valence-corrected chi connectivity index (χ0v) is 16.7. The summed E-state index contributed by atoms with van der Waals surface area (Å²) >= 11 is 0. The quantitative estimate of drug-likeness (QED) is 0.838.